The van der Waals surface area contributed by atoms with Gasteiger partial charge in [-0.3, -0.25) is 0 Å². The fourth-order valence-electron chi connectivity index (χ4n) is 1.90. The van der Waals surface area contributed by atoms with Gasteiger partial charge < -0.3 is 14.6 Å². The zero-order valence-electron chi connectivity index (χ0n) is 13.1. The summed E-state index contributed by atoms with van der Waals surface area (Å²) < 4.78 is 10.5. The Balaban J connectivity index is 1.73. The van der Waals surface area contributed by atoms with Crippen LogP contribution in [0.2, 0.25) is 0 Å². The van der Waals surface area contributed by atoms with Crippen LogP contribution in [-0.4, -0.2) is 38.6 Å². The third kappa shape index (κ3) is 3.92. The topological polar surface area (TPSA) is 110 Å². The summed E-state index contributed by atoms with van der Waals surface area (Å²) in [6, 6.07) is 10.4. The molecule has 8 heteroatoms. The molecule has 0 amide bonds. The van der Waals surface area contributed by atoms with Crippen LogP contribution in [0.4, 0.5) is 0 Å². The van der Waals surface area contributed by atoms with Gasteiger partial charge in [0, 0.05) is 23.4 Å². The first-order valence-corrected chi connectivity index (χ1v) is 7.10. The second-order valence-corrected chi connectivity index (χ2v) is 4.76. The molecule has 0 aliphatic carbocycles. The summed E-state index contributed by atoms with van der Waals surface area (Å²) >= 11 is 0. The van der Waals surface area contributed by atoms with Crippen molar-refractivity contribution in [1.82, 2.24) is 20.4 Å². The van der Waals surface area contributed by atoms with E-state index in [1.807, 2.05) is 0 Å². The van der Waals surface area contributed by atoms with E-state index in [0.717, 1.165) is 11.1 Å². The smallest absolute Gasteiger partial charge is 0.362 e. The minimum Gasteiger partial charge on any atom is -0.481 e. The van der Waals surface area contributed by atoms with Crippen LogP contribution in [0.15, 0.2) is 42.6 Å². The fourth-order valence-corrected chi connectivity index (χ4v) is 1.90. The van der Waals surface area contributed by atoms with Crippen molar-refractivity contribution in [3.8, 4) is 29.4 Å². The van der Waals surface area contributed by atoms with Gasteiger partial charge in [-0.15, -0.1) is 5.10 Å². The minimum absolute atomic E-state index is 0.0322. The number of pyridine rings is 1. The van der Waals surface area contributed by atoms with Crippen LogP contribution < -0.4 is 9.47 Å². The Labute approximate surface area is 142 Å². The number of aromatic nitrogens is 4. The zero-order chi connectivity index (χ0) is 17.6. The number of nitrogens with zero attached hydrogens (tertiary/aromatic N) is 3. The number of aromatic carboxylic acids is 1. The minimum atomic E-state index is -1.22. The van der Waals surface area contributed by atoms with E-state index in [-0.39, 0.29) is 11.6 Å². The highest BCUT2D eigenvalue weighted by atomic mass is 16.5. The Bertz CT molecular complexity index is 955. The molecule has 1 aromatic carbocycles. The van der Waals surface area contributed by atoms with Gasteiger partial charge in [0.2, 0.25) is 11.6 Å². The standard InChI is InChI=1S/C17H12N4O4/c1-24-14-10-12(8-9-18-14)3-2-11-4-6-13(7-5-11)25-16-15(17(22)23)19-21-20-16/h4-10H,1H3,(H,22,23)(H,19,20,21). The summed E-state index contributed by atoms with van der Waals surface area (Å²) in [6.07, 6.45) is 1.62. The van der Waals surface area contributed by atoms with Crippen LogP contribution >= 0.6 is 0 Å². The summed E-state index contributed by atoms with van der Waals surface area (Å²) in [6.45, 7) is 0. The van der Waals surface area contributed by atoms with Crippen molar-refractivity contribution in [2.24, 2.45) is 0 Å². The van der Waals surface area contributed by atoms with Crippen molar-refractivity contribution in [2.45, 2.75) is 0 Å². The van der Waals surface area contributed by atoms with Gasteiger partial charge in [0.25, 0.3) is 5.88 Å². The molecule has 0 aliphatic heterocycles. The molecule has 0 saturated heterocycles. The number of ether oxygens (including phenoxy) is 2. The summed E-state index contributed by atoms with van der Waals surface area (Å²) in [7, 11) is 1.54. The number of hydrogen-bond donors (Lipinski definition) is 2. The molecule has 25 heavy (non-hydrogen) atoms. The molecule has 0 spiro atoms. The number of carboxylic acids is 1. The number of methoxy groups -OCH3 is 1. The van der Waals surface area contributed by atoms with Gasteiger partial charge in [0.15, 0.2) is 0 Å². The van der Waals surface area contributed by atoms with Gasteiger partial charge in [0.05, 0.1) is 7.11 Å². The van der Waals surface area contributed by atoms with Crippen LogP contribution in [0, 0.1) is 11.8 Å². The Morgan fingerprint density at radius 2 is 1.92 bits per heavy atom. The van der Waals surface area contributed by atoms with Crippen LogP contribution in [-0.2, 0) is 0 Å². The first-order chi connectivity index (χ1) is 12.2. The molecule has 0 bridgehead atoms. The highest BCUT2D eigenvalue weighted by molar-refractivity contribution is 5.87. The number of H-pyrrole nitrogens is 1. The van der Waals surface area contributed by atoms with Crippen LogP contribution in [0.3, 0.4) is 0 Å². The molecule has 0 aliphatic rings. The largest absolute Gasteiger partial charge is 0.481 e. The van der Waals surface area contributed by atoms with Gasteiger partial charge in [-0.05, 0) is 30.3 Å². The maximum Gasteiger partial charge on any atom is 0.362 e. The molecular formula is C17H12N4O4. The number of aromatic amines is 1. The van der Waals surface area contributed by atoms with E-state index in [1.165, 1.54) is 0 Å². The predicted octanol–water partition coefficient (Wildman–Crippen LogP) is 2.10. The molecule has 124 valence electrons. The van der Waals surface area contributed by atoms with Gasteiger partial charge in [-0.1, -0.05) is 17.1 Å². The first kappa shape index (κ1) is 16.0. The molecule has 0 unspecified atom stereocenters. The quantitative estimate of drug-likeness (QED) is 0.702. The van der Waals surface area contributed by atoms with E-state index < -0.39 is 5.97 Å². The second-order valence-electron chi connectivity index (χ2n) is 4.76. The summed E-state index contributed by atoms with van der Waals surface area (Å²) in [5, 5.41) is 18.2. The third-order valence-corrected chi connectivity index (χ3v) is 3.09. The molecule has 2 aromatic heterocycles. The van der Waals surface area contributed by atoms with Crippen molar-refractivity contribution in [1.29, 1.82) is 0 Å². The number of carboxylic acid groups (broad SMARTS) is 1. The lowest BCUT2D eigenvalue weighted by Crippen LogP contribution is -1.99. The van der Waals surface area contributed by atoms with Crippen LogP contribution in [0.5, 0.6) is 17.5 Å². The summed E-state index contributed by atoms with van der Waals surface area (Å²) in [5.41, 5.74) is 1.27. The van der Waals surface area contributed by atoms with Crippen molar-refractivity contribution < 1.29 is 19.4 Å². The zero-order valence-corrected chi connectivity index (χ0v) is 13.1. The Morgan fingerprint density at radius 3 is 2.64 bits per heavy atom. The Hall–Kier alpha value is -3.86. The summed E-state index contributed by atoms with van der Waals surface area (Å²) in [5.74, 6) is 5.70. The lowest BCUT2D eigenvalue weighted by atomic mass is 10.2. The monoisotopic (exact) mass is 336 g/mol. The van der Waals surface area contributed by atoms with E-state index in [0.29, 0.717) is 11.6 Å². The normalized spacial score (nSPS) is 9.80. The lowest BCUT2D eigenvalue weighted by Gasteiger charge is -2.02. The Morgan fingerprint density at radius 1 is 1.16 bits per heavy atom. The van der Waals surface area contributed by atoms with Crippen LogP contribution in [0.25, 0.3) is 0 Å². The molecule has 0 fully saturated rings. The maximum atomic E-state index is 11.0. The van der Waals surface area contributed by atoms with Gasteiger partial charge in [0.1, 0.15) is 5.75 Å². The highest BCUT2D eigenvalue weighted by Gasteiger charge is 2.16. The van der Waals surface area contributed by atoms with Crippen molar-refractivity contribution in [3.05, 3.63) is 59.4 Å². The number of benzene rings is 1. The predicted molar refractivity (Wildman–Crippen MR) is 86.6 cm³/mol. The van der Waals surface area contributed by atoms with E-state index >= 15 is 0 Å². The van der Waals surface area contributed by atoms with E-state index in [2.05, 4.69) is 32.2 Å². The fraction of sp³-hybridized carbons (Fsp3) is 0.0588. The molecular weight excluding hydrogens is 324 g/mol. The second kappa shape index (κ2) is 7.14. The number of rotatable bonds is 4. The average molecular weight is 336 g/mol. The summed E-state index contributed by atoms with van der Waals surface area (Å²) in [4.78, 5) is 15.0. The van der Waals surface area contributed by atoms with Crippen LogP contribution in [0.1, 0.15) is 21.6 Å². The van der Waals surface area contributed by atoms with Gasteiger partial charge in [-0.25, -0.2) is 14.9 Å². The van der Waals surface area contributed by atoms with E-state index in [4.69, 9.17) is 14.6 Å². The number of nitrogens with one attached hydrogen (secondary N) is 1. The molecule has 2 N–H and O–H groups in total. The third-order valence-electron chi connectivity index (χ3n) is 3.09. The van der Waals surface area contributed by atoms with Crippen molar-refractivity contribution in [3.63, 3.8) is 0 Å². The first-order valence-electron chi connectivity index (χ1n) is 7.10. The molecule has 3 aromatic rings. The van der Waals surface area contributed by atoms with Crippen molar-refractivity contribution in [2.75, 3.05) is 7.11 Å². The SMILES string of the molecule is COc1cc(C#Cc2ccc(Oc3[nH]nnc3C(=O)O)cc2)ccn1. The van der Waals surface area contributed by atoms with Gasteiger partial charge >= 0.3 is 5.97 Å². The Kier molecular flexibility index (Phi) is 4.58. The molecule has 8 nitrogen and oxygen atoms in total. The van der Waals surface area contributed by atoms with E-state index in [9.17, 15) is 4.79 Å². The number of carbonyl (C=O) groups is 1. The molecule has 0 atom stereocenters. The molecule has 3 rings (SSSR count). The molecule has 0 saturated carbocycles. The lowest BCUT2D eigenvalue weighted by molar-refractivity contribution is 0.0687. The average Bonchev–Trinajstić information content (AvgIpc) is 3.10. The molecule has 0 radical (unpaired) electrons. The highest BCUT2D eigenvalue weighted by Crippen LogP contribution is 2.21. The maximum absolute atomic E-state index is 11.0. The van der Waals surface area contributed by atoms with E-state index in [1.54, 1.807) is 49.7 Å². The number of hydrogen-bond acceptors (Lipinski definition) is 6. The van der Waals surface area contributed by atoms with Crippen molar-refractivity contribution >= 4 is 5.97 Å². The van der Waals surface area contributed by atoms with Gasteiger partial charge in [-0.2, -0.15) is 0 Å². The molecule has 2 heterocycles.